The first kappa shape index (κ1) is 22.7. The van der Waals surface area contributed by atoms with Crippen molar-refractivity contribution >= 4 is 50.9 Å². The second-order valence-electron chi connectivity index (χ2n) is 7.33. The van der Waals surface area contributed by atoms with Gasteiger partial charge >= 0.3 is 5.97 Å². The van der Waals surface area contributed by atoms with Crippen molar-refractivity contribution in [3.05, 3.63) is 99.6 Å². The van der Waals surface area contributed by atoms with Gasteiger partial charge in [0.05, 0.1) is 22.4 Å². The highest BCUT2D eigenvalue weighted by atomic mass is 79.9. The summed E-state index contributed by atoms with van der Waals surface area (Å²) in [4.78, 5) is 31.5. The molecule has 0 saturated carbocycles. The van der Waals surface area contributed by atoms with E-state index in [1.165, 1.54) is 11.3 Å². The number of thiazole rings is 1. The summed E-state index contributed by atoms with van der Waals surface area (Å²) in [6.07, 6.45) is 1.83. The Morgan fingerprint density at radius 2 is 2.03 bits per heavy atom. The van der Waals surface area contributed by atoms with Crippen molar-refractivity contribution in [2.75, 3.05) is 6.61 Å². The summed E-state index contributed by atoms with van der Waals surface area (Å²) in [5.74, 6) is -0.504. The highest BCUT2D eigenvalue weighted by Crippen LogP contribution is 2.34. The zero-order valence-electron chi connectivity index (χ0n) is 17.7. The van der Waals surface area contributed by atoms with Crippen LogP contribution in [0.2, 0.25) is 5.02 Å². The summed E-state index contributed by atoms with van der Waals surface area (Å²) >= 11 is 11.3. The molecule has 1 aliphatic heterocycles. The van der Waals surface area contributed by atoms with E-state index in [2.05, 4.69) is 20.9 Å². The fourth-order valence-corrected chi connectivity index (χ4v) is 5.32. The number of allylic oxidation sites excluding steroid dienone is 1. The van der Waals surface area contributed by atoms with Crippen LogP contribution in [0.15, 0.2) is 68.0 Å². The largest absolute Gasteiger partial charge is 0.463 e. The maximum absolute atomic E-state index is 13.6. The maximum atomic E-state index is 13.6. The van der Waals surface area contributed by atoms with Crippen LogP contribution in [0.4, 0.5) is 0 Å². The monoisotopic (exact) mass is 530 g/mol. The van der Waals surface area contributed by atoms with Gasteiger partial charge in [-0.05, 0) is 55.7 Å². The van der Waals surface area contributed by atoms with Crippen molar-refractivity contribution < 1.29 is 9.53 Å². The van der Waals surface area contributed by atoms with E-state index in [1.54, 1.807) is 24.5 Å². The lowest BCUT2D eigenvalue weighted by Gasteiger charge is -2.25. The molecule has 4 rings (SSSR count). The number of nitrogens with zero attached hydrogens (tertiary/aromatic N) is 2. The van der Waals surface area contributed by atoms with Crippen LogP contribution in [0.25, 0.3) is 6.08 Å². The first-order chi connectivity index (χ1) is 15.3. The Bertz CT molecular complexity index is 1440. The molecule has 0 aliphatic carbocycles. The zero-order chi connectivity index (χ0) is 23.0. The van der Waals surface area contributed by atoms with Crippen LogP contribution in [0.1, 0.15) is 36.6 Å². The second-order valence-corrected chi connectivity index (χ2v) is 9.60. The smallest absolute Gasteiger partial charge is 0.338 e. The summed E-state index contributed by atoms with van der Waals surface area (Å²) in [6, 6.07) is 12.4. The molecule has 1 aromatic heterocycles. The number of carbonyl (C=O) groups excluding carboxylic acids is 1. The van der Waals surface area contributed by atoms with Gasteiger partial charge in [0.1, 0.15) is 6.04 Å². The first-order valence-corrected chi connectivity index (χ1v) is 12.0. The van der Waals surface area contributed by atoms with E-state index in [9.17, 15) is 9.59 Å². The van der Waals surface area contributed by atoms with E-state index in [0.29, 0.717) is 31.2 Å². The quantitative estimate of drug-likeness (QED) is 0.465. The van der Waals surface area contributed by atoms with Crippen LogP contribution in [-0.4, -0.2) is 17.1 Å². The van der Waals surface area contributed by atoms with Crippen molar-refractivity contribution in [3.63, 3.8) is 0 Å². The molecular formula is C24H20BrClN2O3S. The SMILES string of the molecule is CCOC(=O)C1=C(C)N=c2s/c(=C\c3ccc(C)c(Br)c3)c(=O)n2[C@H]1c1ccccc1Cl. The number of halogens is 2. The van der Waals surface area contributed by atoms with Gasteiger partial charge in [0.2, 0.25) is 0 Å². The summed E-state index contributed by atoms with van der Waals surface area (Å²) in [6.45, 7) is 5.72. The van der Waals surface area contributed by atoms with Crippen LogP contribution in [0.3, 0.4) is 0 Å². The van der Waals surface area contributed by atoms with Gasteiger partial charge < -0.3 is 4.74 Å². The van der Waals surface area contributed by atoms with Crippen LogP contribution >= 0.6 is 38.9 Å². The number of hydrogen-bond donors (Lipinski definition) is 0. The number of esters is 1. The average molecular weight is 532 g/mol. The molecule has 0 spiro atoms. The van der Waals surface area contributed by atoms with Crippen molar-refractivity contribution in [1.29, 1.82) is 0 Å². The van der Waals surface area contributed by atoms with Gasteiger partial charge in [0.15, 0.2) is 4.80 Å². The van der Waals surface area contributed by atoms with E-state index in [1.807, 2.05) is 49.4 Å². The van der Waals surface area contributed by atoms with Gasteiger partial charge in [0.25, 0.3) is 5.56 Å². The molecule has 0 saturated heterocycles. The van der Waals surface area contributed by atoms with Crippen LogP contribution in [0, 0.1) is 6.92 Å². The number of hydrogen-bond acceptors (Lipinski definition) is 5. The van der Waals surface area contributed by atoms with Crippen LogP contribution in [0.5, 0.6) is 0 Å². The number of rotatable bonds is 4. The third-order valence-corrected chi connectivity index (χ3v) is 7.39. The lowest BCUT2D eigenvalue weighted by Crippen LogP contribution is -2.40. The van der Waals surface area contributed by atoms with Crippen molar-refractivity contribution in [3.8, 4) is 0 Å². The summed E-state index contributed by atoms with van der Waals surface area (Å²) in [5, 5.41) is 0.464. The van der Waals surface area contributed by atoms with Gasteiger partial charge in [-0.2, -0.15) is 0 Å². The lowest BCUT2D eigenvalue weighted by molar-refractivity contribution is -0.139. The normalized spacial score (nSPS) is 16.0. The molecule has 0 fully saturated rings. The summed E-state index contributed by atoms with van der Waals surface area (Å²) < 4.78 is 8.33. The molecule has 32 heavy (non-hydrogen) atoms. The number of ether oxygens (including phenoxy) is 1. The first-order valence-electron chi connectivity index (χ1n) is 10.0. The molecule has 5 nitrogen and oxygen atoms in total. The molecule has 3 aromatic rings. The maximum Gasteiger partial charge on any atom is 0.338 e. The van der Waals surface area contributed by atoms with Crippen molar-refractivity contribution in [1.82, 2.24) is 4.57 Å². The van der Waals surface area contributed by atoms with Crippen molar-refractivity contribution in [2.45, 2.75) is 26.8 Å². The van der Waals surface area contributed by atoms with Crippen LogP contribution in [-0.2, 0) is 9.53 Å². The second kappa shape index (κ2) is 9.17. The summed E-state index contributed by atoms with van der Waals surface area (Å²) in [5.41, 5.74) is 3.25. The Morgan fingerprint density at radius 3 is 2.72 bits per heavy atom. The fourth-order valence-electron chi connectivity index (χ4n) is 3.63. The zero-order valence-corrected chi connectivity index (χ0v) is 20.8. The van der Waals surface area contributed by atoms with Gasteiger partial charge in [0, 0.05) is 9.50 Å². The molecule has 0 unspecified atom stereocenters. The minimum absolute atomic E-state index is 0.220. The fraction of sp³-hybridized carbons (Fsp3) is 0.208. The third kappa shape index (κ3) is 4.12. The highest BCUT2D eigenvalue weighted by molar-refractivity contribution is 9.10. The molecule has 2 heterocycles. The number of aryl methyl sites for hydroxylation is 1. The van der Waals surface area contributed by atoms with E-state index >= 15 is 0 Å². The molecule has 0 amide bonds. The van der Waals surface area contributed by atoms with E-state index in [0.717, 1.165) is 15.6 Å². The third-order valence-electron chi connectivity index (χ3n) is 5.21. The topological polar surface area (TPSA) is 60.7 Å². The number of carbonyl (C=O) groups is 1. The lowest BCUT2D eigenvalue weighted by atomic mass is 9.96. The Morgan fingerprint density at radius 1 is 1.28 bits per heavy atom. The molecule has 1 atom stereocenters. The van der Waals surface area contributed by atoms with E-state index in [-0.39, 0.29) is 12.2 Å². The molecule has 1 aliphatic rings. The number of benzene rings is 2. The average Bonchev–Trinajstić information content (AvgIpc) is 3.05. The predicted octanol–water partition coefficient (Wildman–Crippen LogP) is 4.52. The van der Waals surface area contributed by atoms with Gasteiger partial charge in [-0.15, -0.1) is 0 Å². The highest BCUT2D eigenvalue weighted by Gasteiger charge is 2.34. The molecule has 164 valence electrons. The van der Waals surface area contributed by atoms with Gasteiger partial charge in [-0.1, -0.05) is 69.2 Å². The molecule has 0 radical (unpaired) electrons. The Balaban J connectivity index is 1.98. The molecule has 2 aromatic carbocycles. The van der Waals surface area contributed by atoms with Crippen LogP contribution < -0.4 is 14.9 Å². The molecular weight excluding hydrogens is 512 g/mol. The summed E-state index contributed by atoms with van der Waals surface area (Å²) in [7, 11) is 0. The minimum atomic E-state index is -0.717. The standard InChI is InChI=1S/C24H20BrClN2O3S/c1-4-31-23(30)20-14(3)27-24-28(21(20)16-7-5-6-8-18(16)26)22(29)19(32-24)12-15-10-9-13(2)17(25)11-15/h5-12,21H,4H2,1-3H3/b19-12-/t21-/m0/s1. The molecule has 0 bridgehead atoms. The molecule has 8 heteroatoms. The number of fused-ring (bicyclic) bond motifs is 1. The predicted molar refractivity (Wildman–Crippen MR) is 131 cm³/mol. The molecule has 0 N–H and O–H groups in total. The number of aromatic nitrogens is 1. The van der Waals surface area contributed by atoms with Gasteiger partial charge in [-0.3, -0.25) is 9.36 Å². The Hall–Kier alpha value is -2.48. The minimum Gasteiger partial charge on any atom is -0.463 e. The van der Waals surface area contributed by atoms with Crippen molar-refractivity contribution in [2.24, 2.45) is 4.99 Å². The van der Waals surface area contributed by atoms with Gasteiger partial charge in [-0.25, -0.2) is 9.79 Å². The Kier molecular flexibility index (Phi) is 6.51. The van der Waals surface area contributed by atoms with E-state index in [4.69, 9.17) is 16.3 Å². The van der Waals surface area contributed by atoms with E-state index < -0.39 is 12.0 Å². The Labute approximate surface area is 202 Å².